The van der Waals surface area contributed by atoms with Crippen molar-refractivity contribution in [1.29, 1.82) is 0 Å². The zero-order valence-electron chi connectivity index (χ0n) is 12.6. The molecule has 0 bridgehead atoms. The van der Waals surface area contributed by atoms with Crippen LogP contribution in [0.4, 0.5) is 4.39 Å². The fourth-order valence-electron chi connectivity index (χ4n) is 2.92. The van der Waals surface area contributed by atoms with Crippen LogP contribution in [0.2, 0.25) is 0 Å². The Balaban J connectivity index is 2.11. The van der Waals surface area contributed by atoms with Crippen molar-refractivity contribution >= 4 is 15.9 Å². The average Bonchev–Trinajstić information content (AvgIpc) is 2.81. The van der Waals surface area contributed by atoms with Gasteiger partial charge in [0.1, 0.15) is 5.82 Å². The molecule has 1 aromatic carbocycles. The van der Waals surface area contributed by atoms with Crippen LogP contribution in [-0.2, 0) is 15.9 Å². The second-order valence-corrected chi connectivity index (χ2v) is 6.62. The summed E-state index contributed by atoms with van der Waals surface area (Å²) in [5.41, 5.74) is 0.685. The Kier molecular flexibility index (Phi) is 6.17. The fourth-order valence-corrected chi connectivity index (χ4v) is 3.32. The van der Waals surface area contributed by atoms with Crippen molar-refractivity contribution in [2.75, 3.05) is 33.4 Å². The molecule has 1 aromatic rings. The van der Waals surface area contributed by atoms with Crippen LogP contribution in [0.25, 0.3) is 0 Å². The predicted molar refractivity (Wildman–Crippen MR) is 85.0 cm³/mol. The van der Waals surface area contributed by atoms with Gasteiger partial charge in [-0.15, -0.1) is 0 Å². The molecule has 1 heterocycles. The van der Waals surface area contributed by atoms with Crippen molar-refractivity contribution in [3.05, 3.63) is 34.1 Å². The third-order valence-corrected chi connectivity index (χ3v) is 4.83. The van der Waals surface area contributed by atoms with Gasteiger partial charge in [-0.25, -0.2) is 4.39 Å². The van der Waals surface area contributed by atoms with E-state index in [1.165, 1.54) is 6.07 Å². The molecule has 1 fully saturated rings. The van der Waals surface area contributed by atoms with Gasteiger partial charge in [0.25, 0.3) is 0 Å². The van der Waals surface area contributed by atoms with Crippen LogP contribution in [0.15, 0.2) is 22.7 Å². The molecule has 0 aliphatic carbocycles. The van der Waals surface area contributed by atoms with Crippen LogP contribution >= 0.6 is 15.9 Å². The van der Waals surface area contributed by atoms with Crippen molar-refractivity contribution < 1.29 is 13.9 Å². The first-order valence-corrected chi connectivity index (χ1v) is 8.12. The van der Waals surface area contributed by atoms with E-state index < -0.39 is 0 Å². The molecule has 0 aromatic heterocycles. The van der Waals surface area contributed by atoms with Crippen molar-refractivity contribution in [3.63, 3.8) is 0 Å². The molecular weight excluding hydrogens is 337 g/mol. The Morgan fingerprint density at radius 2 is 2.33 bits per heavy atom. The molecule has 0 saturated carbocycles. The smallest absolute Gasteiger partial charge is 0.126 e. The summed E-state index contributed by atoms with van der Waals surface area (Å²) in [6.45, 7) is 5.11. The zero-order chi connectivity index (χ0) is 15.3. The number of hydrogen-bond donors (Lipinski definition) is 1. The SMILES string of the molecule is COCCNCC1(Cc2cc(Br)ccc2F)CCOC1C. The van der Waals surface area contributed by atoms with E-state index in [0.717, 1.165) is 36.2 Å². The lowest BCUT2D eigenvalue weighted by Crippen LogP contribution is -2.42. The molecule has 3 nitrogen and oxygen atoms in total. The summed E-state index contributed by atoms with van der Waals surface area (Å²) >= 11 is 3.42. The molecule has 2 atom stereocenters. The number of methoxy groups -OCH3 is 1. The average molecular weight is 360 g/mol. The lowest BCUT2D eigenvalue weighted by Gasteiger charge is -2.33. The van der Waals surface area contributed by atoms with E-state index in [0.29, 0.717) is 13.0 Å². The fraction of sp³-hybridized carbons (Fsp3) is 0.625. The highest BCUT2D eigenvalue weighted by Gasteiger charge is 2.41. The molecule has 1 aliphatic heterocycles. The minimum absolute atomic E-state index is 0.0601. The Labute approximate surface area is 134 Å². The van der Waals surface area contributed by atoms with Gasteiger partial charge in [-0.2, -0.15) is 0 Å². The molecule has 21 heavy (non-hydrogen) atoms. The molecule has 1 aliphatic rings. The number of rotatable bonds is 7. The molecule has 0 amide bonds. The van der Waals surface area contributed by atoms with E-state index >= 15 is 0 Å². The first-order valence-electron chi connectivity index (χ1n) is 7.32. The molecule has 0 spiro atoms. The Morgan fingerprint density at radius 1 is 1.52 bits per heavy atom. The molecule has 5 heteroatoms. The van der Waals surface area contributed by atoms with E-state index in [9.17, 15) is 4.39 Å². The largest absolute Gasteiger partial charge is 0.383 e. The molecule has 2 unspecified atom stereocenters. The van der Waals surface area contributed by atoms with Crippen LogP contribution in [0.1, 0.15) is 18.9 Å². The monoisotopic (exact) mass is 359 g/mol. The summed E-state index contributed by atoms with van der Waals surface area (Å²) in [5, 5.41) is 3.41. The van der Waals surface area contributed by atoms with Crippen molar-refractivity contribution in [1.82, 2.24) is 5.32 Å². The number of hydrogen-bond acceptors (Lipinski definition) is 3. The van der Waals surface area contributed by atoms with Gasteiger partial charge >= 0.3 is 0 Å². The highest BCUT2D eigenvalue weighted by Crippen LogP contribution is 2.38. The van der Waals surface area contributed by atoms with Crippen LogP contribution in [-0.4, -0.2) is 39.5 Å². The van der Waals surface area contributed by atoms with Gasteiger partial charge in [0, 0.05) is 36.7 Å². The summed E-state index contributed by atoms with van der Waals surface area (Å²) in [6, 6.07) is 5.13. The number of ether oxygens (including phenoxy) is 2. The summed E-state index contributed by atoms with van der Waals surface area (Å²) in [4.78, 5) is 0. The second kappa shape index (κ2) is 7.68. The maximum Gasteiger partial charge on any atom is 0.126 e. The quantitative estimate of drug-likeness (QED) is 0.758. The zero-order valence-corrected chi connectivity index (χ0v) is 14.2. The maximum absolute atomic E-state index is 14.1. The van der Waals surface area contributed by atoms with Gasteiger partial charge < -0.3 is 14.8 Å². The highest BCUT2D eigenvalue weighted by atomic mass is 79.9. The third-order valence-electron chi connectivity index (χ3n) is 4.34. The Morgan fingerprint density at radius 3 is 3.00 bits per heavy atom. The second-order valence-electron chi connectivity index (χ2n) is 5.71. The van der Waals surface area contributed by atoms with Crippen molar-refractivity contribution in [2.45, 2.75) is 25.9 Å². The Bertz CT molecular complexity index is 472. The van der Waals surface area contributed by atoms with Gasteiger partial charge in [0.2, 0.25) is 0 Å². The van der Waals surface area contributed by atoms with Gasteiger partial charge in [-0.1, -0.05) is 15.9 Å². The van der Waals surface area contributed by atoms with Crippen LogP contribution < -0.4 is 5.32 Å². The van der Waals surface area contributed by atoms with E-state index in [4.69, 9.17) is 9.47 Å². The third kappa shape index (κ3) is 4.25. The number of halogens is 2. The van der Waals surface area contributed by atoms with Gasteiger partial charge in [0.05, 0.1) is 12.7 Å². The van der Waals surface area contributed by atoms with Crippen LogP contribution in [0.5, 0.6) is 0 Å². The van der Waals surface area contributed by atoms with Crippen molar-refractivity contribution in [2.24, 2.45) is 5.41 Å². The minimum Gasteiger partial charge on any atom is -0.383 e. The Hall–Kier alpha value is -0.490. The van der Waals surface area contributed by atoms with Crippen molar-refractivity contribution in [3.8, 4) is 0 Å². The normalized spacial score (nSPS) is 25.4. The number of benzene rings is 1. The van der Waals surface area contributed by atoms with Gasteiger partial charge in [0.15, 0.2) is 0 Å². The first-order chi connectivity index (χ1) is 10.1. The summed E-state index contributed by atoms with van der Waals surface area (Å²) < 4.78 is 25.8. The van der Waals surface area contributed by atoms with Crippen LogP contribution in [0, 0.1) is 11.2 Å². The van der Waals surface area contributed by atoms with E-state index in [1.54, 1.807) is 13.2 Å². The summed E-state index contributed by atoms with van der Waals surface area (Å²) in [5.74, 6) is -0.145. The van der Waals surface area contributed by atoms with E-state index in [1.807, 2.05) is 6.07 Å². The van der Waals surface area contributed by atoms with E-state index in [-0.39, 0.29) is 17.3 Å². The lowest BCUT2D eigenvalue weighted by molar-refractivity contribution is 0.0615. The lowest BCUT2D eigenvalue weighted by atomic mass is 9.76. The number of nitrogens with one attached hydrogen (secondary N) is 1. The van der Waals surface area contributed by atoms with Gasteiger partial charge in [-0.05, 0) is 43.5 Å². The predicted octanol–water partition coefficient (Wildman–Crippen LogP) is 3.16. The highest BCUT2D eigenvalue weighted by molar-refractivity contribution is 9.10. The minimum atomic E-state index is -0.145. The standard InChI is InChI=1S/C16H23BrFNO2/c1-12-16(5-7-21-12,11-19-6-8-20-2)10-13-9-14(17)3-4-15(13)18/h3-4,9,12,19H,5-8,10-11H2,1-2H3. The molecule has 2 rings (SSSR count). The molecule has 118 valence electrons. The van der Waals surface area contributed by atoms with Crippen LogP contribution in [0.3, 0.4) is 0 Å². The summed E-state index contributed by atoms with van der Waals surface area (Å²) in [6.07, 6.45) is 1.74. The topological polar surface area (TPSA) is 30.5 Å². The molecule has 1 N–H and O–H groups in total. The first kappa shape index (κ1) is 16.9. The maximum atomic E-state index is 14.1. The molecule has 1 saturated heterocycles. The van der Waals surface area contributed by atoms with Gasteiger partial charge in [-0.3, -0.25) is 0 Å². The van der Waals surface area contributed by atoms with E-state index in [2.05, 4.69) is 28.2 Å². The summed E-state index contributed by atoms with van der Waals surface area (Å²) in [7, 11) is 1.69. The molecule has 0 radical (unpaired) electrons. The molecular formula is C16H23BrFNO2.